The minimum atomic E-state index is -4.63. The van der Waals surface area contributed by atoms with Crippen molar-refractivity contribution in [2.45, 2.75) is 59.2 Å². The van der Waals surface area contributed by atoms with E-state index in [9.17, 15) is 22.8 Å². The lowest BCUT2D eigenvalue weighted by molar-refractivity contribution is -0.137. The number of alkyl halides is 3. The van der Waals surface area contributed by atoms with Crippen molar-refractivity contribution in [2.24, 2.45) is 0 Å². The van der Waals surface area contributed by atoms with E-state index in [1.807, 2.05) is 0 Å². The molecule has 0 aliphatic rings. The van der Waals surface area contributed by atoms with E-state index in [4.69, 9.17) is 9.26 Å². The molecule has 0 saturated heterocycles. The van der Waals surface area contributed by atoms with Gasteiger partial charge in [-0.1, -0.05) is 5.16 Å². The van der Waals surface area contributed by atoms with Gasteiger partial charge in [0.25, 0.3) is 0 Å². The second-order valence-corrected chi connectivity index (χ2v) is 7.83. The zero-order valence-electron chi connectivity index (χ0n) is 17.5. The summed E-state index contributed by atoms with van der Waals surface area (Å²) in [5.74, 6) is -0.901. The Morgan fingerprint density at radius 3 is 2.23 bits per heavy atom. The molecule has 0 fully saturated rings. The molecule has 10 heteroatoms. The first-order valence-corrected chi connectivity index (χ1v) is 9.14. The van der Waals surface area contributed by atoms with Crippen LogP contribution in [0.4, 0.5) is 29.3 Å². The van der Waals surface area contributed by atoms with Crippen molar-refractivity contribution < 1.29 is 32.0 Å². The molecule has 0 bridgehead atoms. The van der Waals surface area contributed by atoms with Crippen molar-refractivity contribution in [1.29, 1.82) is 0 Å². The van der Waals surface area contributed by atoms with Crippen LogP contribution in [0.2, 0.25) is 0 Å². The summed E-state index contributed by atoms with van der Waals surface area (Å²) in [5.41, 5.74) is -0.974. The van der Waals surface area contributed by atoms with Crippen LogP contribution in [0.5, 0.6) is 0 Å². The van der Waals surface area contributed by atoms with E-state index < -0.39 is 35.3 Å². The largest absolute Gasteiger partial charge is 0.444 e. The number of nitrogens with zero attached hydrogens (tertiary/aromatic N) is 1. The molecule has 0 aliphatic heterocycles. The molecule has 1 unspecified atom stereocenters. The smallest absolute Gasteiger partial charge is 0.416 e. The monoisotopic (exact) mass is 427 g/mol. The number of hydrogen-bond acceptors (Lipinski definition) is 5. The molecule has 1 atom stereocenters. The molecule has 0 radical (unpaired) electrons. The molecule has 2 rings (SSSR count). The Bertz CT molecular complexity index is 926. The molecule has 7 nitrogen and oxygen atoms in total. The number of anilines is 2. The van der Waals surface area contributed by atoms with E-state index in [-0.39, 0.29) is 11.4 Å². The number of benzene rings is 1. The highest BCUT2D eigenvalue weighted by molar-refractivity contribution is 6.00. The van der Waals surface area contributed by atoms with Crippen molar-refractivity contribution in [3.05, 3.63) is 40.8 Å². The molecule has 2 N–H and O–H groups in total. The summed E-state index contributed by atoms with van der Waals surface area (Å²) in [4.78, 5) is 24.8. The predicted octanol–water partition coefficient (Wildman–Crippen LogP) is 5.40. The second-order valence-electron chi connectivity index (χ2n) is 7.83. The van der Waals surface area contributed by atoms with Gasteiger partial charge in [-0.05, 0) is 59.7 Å². The van der Waals surface area contributed by atoms with Crippen LogP contribution in [0.15, 0.2) is 22.7 Å². The molecule has 164 valence electrons. The Labute approximate surface area is 172 Å². The maximum atomic E-state index is 13.2. The average Bonchev–Trinajstić information content (AvgIpc) is 2.91. The fourth-order valence-corrected chi connectivity index (χ4v) is 2.83. The maximum absolute atomic E-state index is 13.2. The Morgan fingerprint density at radius 2 is 1.73 bits per heavy atom. The maximum Gasteiger partial charge on any atom is 0.416 e. The highest BCUT2D eigenvalue weighted by Gasteiger charge is 2.32. The van der Waals surface area contributed by atoms with Gasteiger partial charge in [-0.2, -0.15) is 13.2 Å². The fourth-order valence-electron chi connectivity index (χ4n) is 2.83. The summed E-state index contributed by atoms with van der Waals surface area (Å²) in [6, 6.07) is 2.62. The second kappa shape index (κ2) is 8.37. The molecule has 1 heterocycles. The van der Waals surface area contributed by atoms with Crippen molar-refractivity contribution >= 4 is 23.4 Å². The number of nitrogens with one attached hydrogen (secondary N) is 2. The number of amides is 2. The Kier molecular flexibility index (Phi) is 6.48. The molecular formula is C20H24F3N3O4. The molecule has 0 spiro atoms. The normalized spacial score (nSPS) is 13.0. The highest BCUT2D eigenvalue weighted by atomic mass is 19.4. The number of aromatic nitrogens is 1. The van der Waals surface area contributed by atoms with Gasteiger partial charge in [0, 0.05) is 5.56 Å². The topological polar surface area (TPSA) is 93.5 Å². The number of hydrogen-bond donors (Lipinski definition) is 2. The number of carbonyl (C=O) groups excluding carboxylic acids is 2. The average molecular weight is 427 g/mol. The third-order valence-electron chi connectivity index (χ3n) is 4.16. The standard InChI is InChI=1S/C20H24F3N3O4/c1-10(16-11(2)26-30-12(16)3)17(27)24-15-9-13(20(21,22)23)7-8-14(15)25-18(28)29-19(4,5)6/h7-10H,1-6H3,(H,24,27)(H,25,28). The molecule has 1 aromatic heterocycles. The number of carbonyl (C=O) groups is 2. The first kappa shape index (κ1) is 23.2. The summed E-state index contributed by atoms with van der Waals surface area (Å²) >= 11 is 0. The number of halogens is 3. The lowest BCUT2D eigenvalue weighted by atomic mass is 9.98. The van der Waals surface area contributed by atoms with Gasteiger partial charge in [0.2, 0.25) is 5.91 Å². The van der Waals surface area contributed by atoms with Gasteiger partial charge in [-0.25, -0.2) is 4.79 Å². The molecular weight excluding hydrogens is 403 g/mol. The van der Waals surface area contributed by atoms with Crippen LogP contribution in [0.25, 0.3) is 0 Å². The molecule has 30 heavy (non-hydrogen) atoms. The van der Waals surface area contributed by atoms with E-state index in [0.29, 0.717) is 17.0 Å². The minimum Gasteiger partial charge on any atom is -0.444 e. The Balaban J connectivity index is 2.35. The van der Waals surface area contributed by atoms with Crippen molar-refractivity contribution in [2.75, 3.05) is 10.6 Å². The quantitative estimate of drug-likeness (QED) is 0.682. The van der Waals surface area contributed by atoms with Crippen LogP contribution in [0, 0.1) is 13.8 Å². The van der Waals surface area contributed by atoms with Gasteiger partial charge >= 0.3 is 12.3 Å². The molecule has 0 saturated carbocycles. The lowest BCUT2D eigenvalue weighted by Crippen LogP contribution is -2.28. The van der Waals surface area contributed by atoms with Crippen LogP contribution >= 0.6 is 0 Å². The van der Waals surface area contributed by atoms with Gasteiger partial charge < -0.3 is 14.6 Å². The van der Waals surface area contributed by atoms with Crippen LogP contribution in [0.1, 0.15) is 56.2 Å². The zero-order valence-corrected chi connectivity index (χ0v) is 17.5. The number of aryl methyl sites for hydroxylation is 2. The molecule has 1 aromatic carbocycles. The third kappa shape index (κ3) is 5.74. The van der Waals surface area contributed by atoms with Crippen molar-refractivity contribution in [3.63, 3.8) is 0 Å². The zero-order chi connectivity index (χ0) is 22.9. The fraction of sp³-hybridized carbons (Fsp3) is 0.450. The summed E-state index contributed by atoms with van der Waals surface area (Å²) in [5, 5.41) is 8.62. The number of ether oxygens (including phenoxy) is 1. The first-order chi connectivity index (χ1) is 13.7. The Hall–Kier alpha value is -3.04. The van der Waals surface area contributed by atoms with Gasteiger partial charge in [0.15, 0.2) is 0 Å². The summed E-state index contributed by atoms with van der Waals surface area (Å²) in [6.07, 6.45) is -5.49. The van der Waals surface area contributed by atoms with Gasteiger partial charge in [-0.3, -0.25) is 10.1 Å². The minimum absolute atomic E-state index is 0.0310. The van der Waals surface area contributed by atoms with E-state index in [0.717, 1.165) is 18.2 Å². The van der Waals surface area contributed by atoms with E-state index in [1.165, 1.54) is 0 Å². The van der Waals surface area contributed by atoms with Gasteiger partial charge in [0.05, 0.1) is 28.6 Å². The molecule has 0 aliphatic carbocycles. The first-order valence-electron chi connectivity index (χ1n) is 9.14. The number of rotatable bonds is 4. The summed E-state index contributed by atoms with van der Waals surface area (Å²) in [7, 11) is 0. The van der Waals surface area contributed by atoms with Crippen molar-refractivity contribution in [3.8, 4) is 0 Å². The van der Waals surface area contributed by atoms with Crippen LogP contribution in [-0.2, 0) is 15.7 Å². The predicted molar refractivity (Wildman–Crippen MR) is 104 cm³/mol. The summed E-state index contributed by atoms with van der Waals surface area (Å²) < 4.78 is 49.7. The van der Waals surface area contributed by atoms with E-state index >= 15 is 0 Å². The lowest BCUT2D eigenvalue weighted by Gasteiger charge is -2.21. The van der Waals surface area contributed by atoms with Crippen LogP contribution in [0.3, 0.4) is 0 Å². The SMILES string of the molecule is Cc1noc(C)c1C(C)C(=O)Nc1cc(C(F)(F)F)ccc1NC(=O)OC(C)(C)C. The summed E-state index contributed by atoms with van der Waals surface area (Å²) in [6.45, 7) is 9.82. The Morgan fingerprint density at radius 1 is 1.10 bits per heavy atom. The van der Waals surface area contributed by atoms with Gasteiger partial charge in [-0.15, -0.1) is 0 Å². The third-order valence-corrected chi connectivity index (χ3v) is 4.16. The van der Waals surface area contributed by atoms with E-state index in [1.54, 1.807) is 41.5 Å². The van der Waals surface area contributed by atoms with Gasteiger partial charge in [0.1, 0.15) is 11.4 Å². The molecule has 2 amide bonds. The highest BCUT2D eigenvalue weighted by Crippen LogP contribution is 2.35. The van der Waals surface area contributed by atoms with E-state index in [2.05, 4.69) is 15.8 Å². The van der Waals surface area contributed by atoms with Crippen LogP contribution < -0.4 is 10.6 Å². The van der Waals surface area contributed by atoms with Crippen LogP contribution in [-0.4, -0.2) is 22.8 Å². The van der Waals surface area contributed by atoms with Crippen molar-refractivity contribution in [1.82, 2.24) is 5.16 Å². The molecule has 2 aromatic rings.